The molecule has 5 aromatic rings. The van der Waals surface area contributed by atoms with Crippen LogP contribution in [-0.4, -0.2) is 9.97 Å². The fraction of sp³-hybridized carbons (Fsp3) is 0. The molecule has 0 aliphatic rings. The molecule has 0 spiro atoms. The average Bonchev–Trinajstić information content (AvgIpc) is 3.06. The highest BCUT2D eigenvalue weighted by Gasteiger charge is 2.15. The fourth-order valence-corrected chi connectivity index (χ4v) is 4.33. The average molecular weight is 354 g/mol. The lowest BCUT2D eigenvalue weighted by atomic mass is 10.00. The van der Waals surface area contributed by atoms with Gasteiger partial charge in [-0.3, -0.25) is 4.79 Å². The molecule has 0 amide bonds. The molecule has 0 aliphatic heterocycles. The van der Waals surface area contributed by atoms with Gasteiger partial charge in [-0.05, 0) is 23.3 Å². The molecule has 3 heterocycles. The Labute approximate surface area is 153 Å². The van der Waals surface area contributed by atoms with E-state index in [1.807, 2.05) is 42.5 Å². The normalized spacial score (nSPS) is 11.2. The maximum Gasteiger partial charge on any atom is 0.248 e. The van der Waals surface area contributed by atoms with E-state index in [2.05, 4.69) is 35.3 Å². The highest BCUT2D eigenvalue weighted by atomic mass is 32.1. The molecule has 124 valence electrons. The number of nitrogens with one attached hydrogen (secondary N) is 1. The summed E-state index contributed by atoms with van der Waals surface area (Å²) < 4.78 is 1.04. The number of fused-ring (bicyclic) bond motifs is 3. The zero-order valence-corrected chi connectivity index (χ0v) is 14.6. The van der Waals surface area contributed by atoms with E-state index >= 15 is 0 Å². The zero-order chi connectivity index (χ0) is 17.5. The maximum absolute atomic E-state index is 11.9. The number of rotatable bonds is 2. The van der Waals surface area contributed by atoms with Crippen LogP contribution in [0.25, 0.3) is 42.8 Å². The van der Waals surface area contributed by atoms with Gasteiger partial charge in [-0.2, -0.15) is 0 Å². The summed E-state index contributed by atoms with van der Waals surface area (Å²) in [6.07, 6.45) is 0. The molecule has 0 unspecified atom stereocenters. The summed E-state index contributed by atoms with van der Waals surface area (Å²) in [6, 6.07) is 26.0. The van der Waals surface area contributed by atoms with Gasteiger partial charge in [0, 0.05) is 17.0 Å². The number of thiophene rings is 1. The summed E-state index contributed by atoms with van der Waals surface area (Å²) in [7, 11) is 0. The van der Waals surface area contributed by atoms with Crippen molar-refractivity contribution in [2.75, 3.05) is 0 Å². The molecule has 0 aliphatic carbocycles. The first-order valence-electron chi connectivity index (χ1n) is 8.37. The topological polar surface area (TPSA) is 45.8 Å². The second-order valence-electron chi connectivity index (χ2n) is 6.13. The van der Waals surface area contributed by atoms with Crippen molar-refractivity contribution in [2.45, 2.75) is 0 Å². The van der Waals surface area contributed by atoms with Crippen LogP contribution in [0, 0.1) is 0 Å². The van der Waals surface area contributed by atoms with Crippen LogP contribution in [-0.2, 0) is 0 Å². The molecule has 26 heavy (non-hydrogen) atoms. The maximum atomic E-state index is 11.9. The molecule has 3 nitrogen and oxygen atoms in total. The van der Waals surface area contributed by atoms with Gasteiger partial charge in [0.25, 0.3) is 0 Å². The van der Waals surface area contributed by atoms with Crippen LogP contribution in [0.1, 0.15) is 0 Å². The Bertz CT molecular complexity index is 1290. The van der Waals surface area contributed by atoms with E-state index < -0.39 is 0 Å². The van der Waals surface area contributed by atoms with Crippen LogP contribution in [0.2, 0.25) is 0 Å². The van der Waals surface area contributed by atoms with Crippen molar-refractivity contribution in [3.8, 4) is 22.4 Å². The molecule has 0 saturated carbocycles. The number of benzene rings is 2. The SMILES string of the molecule is O=c1ccc2sc3nc(-c4ccccc4)cc(-c4ccccc4)c3c2[nH]1. The highest BCUT2D eigenvalue weighted by molar-refractivity contribution is 7.25. The molecule has 0 saturated heterocycles. The number of hydrogen-bond donors (Lipinski definition) is 1. The molecular weight excluding hydrogens is 340 g/mol. The second-order valence-corrected chi connectivity index (χ2v) is 7.16. The van der Waals surface area contributed by atoms with Gasteiger partial charge in [-0.1, -0.05) is 60.7 Å². The van der Waals surface area contributed by atoms with Crippen molar-refractivity contribution in [2.24, 2.45) is 0 Å². The molecule has 0 atom stereocenters. The third-order valence-electron chi connectivity index (χ3n) is 4.48. The lowest BCUT2D eigenvalue weighted by Crippen LogP contribution is -2.01. The predicted octanol–water partition coefficient (Wildman–Crippen LogP) is 5.47. The van der Waals surface area contributed by atoms with Crippen molar-refractivity contribution in [1.29, 1.82) is 0 Å². The molecule has 5 rings (SSSR count). The molecule has 4 heteroatoms. The van der Waals surface area contributed by atoms with Gasteiger partial charge in [0.15, 0.2) is 0 Å². The Morgan fingerprint density at radius 3 is 2.23 bits per heavy atom. The predicted molar refractivity (Wildman–Crippen MR) is 109 cm³/mol. The van der Waals surface area contributed by atoms with Crippen LogP contribution < -0.4 is 5.56 Å². The van der Waals surface area contributed by atoms with Crippen LogP contribution in [0.5, 0.6) is 0 Å². The number of aromatic nitrogens is 2. The Hall–Kier alpha value is -3.24. The Kier molecular flexibility index (Phi) is 3.43. The van der Waals surface area contributed by atoms with Crippen molar-refractivity contribution in [3.05, 3.63) is 89.2 Å². The number of hydrogen-bond acceptors (Lipinski definition) is 3. The van der Waals surface area contributed by atoms with Gasteiger partial charge < -0.3 is 4.98 Å². The lowest BCUT2D eigenvalue weighted by Gasteiger charge is -2.08. The van der Waals surface area contributed by atoms with Crippen LogP contribution in [0.4, 0.5) is 0 Å². The van der Waals surface area contributed by atoms with Gasteiger partial charge in [0.1, 0.15) is 4.83 Å². The summed E-state index contributed by atoms with van der Waals surface area (Å²) in [5.41, 5.74) is 4.99. The quantitative estimate of drug-likeness (QED) is 0.457. The van der Waals surface area contributed by atoms with E-state index in [9.17, 15) is 4.79 Å². The van der Waals surface area contributed by atoms with Crippen molar-refractivity contribution >= 4 is 31.8 Å². The molecular formula is C22H14N2OS. The molecule has 2 aromatic carbocycles. The molecule has 3 aromatic heterocycles. The van der Waals surface area contributed by atoms with Gasteiger partial charge in [0.2, 0.25) is 5.56 Å². The van der Waals surface area contributed by atoms with Crippen LogP contribution in [0.3, 0.4) is 0 Å². The number of nitrogens with zero attached hydrogens (tertiary/aromatic N) is 1. The number of pyridine rings is 2. The van der Waals surface area contributed by atoms with Crippen LogP contribution in [0.15, 0.2) is 83.7 Å². The van der Waals surface area contributed by atoms with E-state index in [0.717, 1.165) is 42.8 Å². The van der Waals surface area contributed by atoms with Crippen molar-refractivity contribution in [1.82, 2.24) is 9.97 Å². The monoisotopic (exact) mass is 354 g/mol. The van der Waals surface area contributed by atoms with Gasteiger partial charge in [0.05, 0.1) is 15.9 Å². The highest BCUT2D eigenvalue weighted by Crippen LogP contribution is 2.39. The Balaban J connectivity index is 1.92. The summed E-state index contributed by atoms with van der Waals surface area (Å²) in [5.74, 6) is 0. The van der Waals surface area contributed by atoms with E-state index in [4.69, 9.17) is 4.98 Å². The smallest absolute Gasteiger partial charge is 0.248 e. The summed E-state index contributed by atoms with van der Waals surface area (Å²) in [6.45, 7) is 0. The van der Waals surface area contributed by atoms with E-state index in [0.29, 0.717) is 0 Å². The fourth-order valence-electron chi connectivity index (χ4n) is 3.28. The van der Waals surface area contributed by atoms with Gasteiger partial charge >= 0.3 is 0 Å². The third kappa shape index (κ3) is 2.43. The van der Waals surface area contributed by atoms with E-state index in [1.165, 1.54) is 0 Å². The zero-order valence-electron chi connectivity index (χ0n) is 13.8. The van der Waals surface area contributed by atoms with Gasteiger partial charge in [-0.25, -0.2) is 4.98 Å². The minimum Gasteiger partial charge on any atom is -0.321 e. The summed E-state index contributed by atoms with van der Waals surface area (Å²) >= 11 is 1.61. The largest absolute Gasteiger partial charge is 0.321 e. The van der Waals surface area contributed by atoms with Crippen LogP contribution >= 0.6 is 11.3 Å². The van der Waals surface area contributed by atoms with Crippen molar-refractivity contribution < 1.29 is 0 Å². The Morgan fingerprint density at radius 1 is 0.808 bits per heavy atom. The lowest BCUT2D eigenvalue weighted by molar-refractivity contribution is 1.32. The number of H-pyrrole nitrogens is 1. The number of aromatic amines is 1. The Morgan fingerprint density at radius 2 is 1.50 bits per heavy atom. The first-order chi connectivity index (χ1) is 12.8. The molecule has 0 bridgehead atoms. The molecule has 0 radical (unpaired) electrons. The molecule has 0 fully saturated rings. The minimum atomic E-state index is -0.0941. The third-order valence-corrected chi connectivity index (χ3v) is 5.53. The van der Waals surface area contributed by atoms with E-state index in [1.54, 1.807) is 17.4 Å². The first kappa shape index (κ1) is 15.0. The standard InChI is InChI=1S/C22H14N2OS/c25-19-12-11-18-21(24-19)20-16(14-7-3-1-4-8-14)13-17(23-22(20)26-18)15-9-5-2-6-10-15/h1-13H,(H,24,25). The summed E-state index contributed by atoms with van der Waals surface area (Å²) in [5, 5.41) is 1.01. The molecule has 1 N–H and O–H groups in total. The summed E-state index contributed by atoms with van der Waals surface area (Å²) in [4.78, 5) is 20.7. The van der Waals surface area contributed by atoms with E-state index in [-0.39, 0.29) is 5.56 Å². The van der Waals surface area contributed by atoms with Gasteiger partial charge in [-0.15, -0.1) is 11.3 Å². The minimum absolute atomic E-state index is 0.0941. The van der Waals surface area contributed by atoms with Crippen molar-refractivity contribution in [3.63, 3.8) is 0 Å². The first-order valence-corrected chi connectivity index (χ1v) is 9.19. The second kappa shape index (κ2) is 5.93.